The highest BCUT2D eigenvalue weighted by molar-refractivity contribution is 6.01. The molecule has 0 bridgehead atoms. The van der Waals surface area contributed by atoms with Gasteiger partial charge in [-0.3, -0.25) is 19.5 Å². The van der Waals surface area contributed by atoms with E-state index in [4.69, 9.17) is 9.73 Å². The Balaban J connectivity index is 1.66. The van der Waals surface area contributed by atoms with Gasteiger partial charge in [-0.25, -0.2) is 0 Å². The SMILES string of the molecule is CN1c2cc(CO)ccc2C(C)(C)C12C=Nc1c(c(CN(CC(=O)F)CC(=O)F)cc3ccccc13)O2. The number of likely N-dealkylation sites (N-methyl/N-ethyl adjacent to an activating group) is 1. The molecule has 0 saturated carbocycles. The first kappa shape index (κ1) is 25.0. The fraction of sp³-hybridized carbons (Fsp3) is 0.321. The lowest BCUT2D eigenvalue weighted by atomic mass is 9.77. The Hall–Kier alpha value is -3.69. The van der Waals surface area contributed by atoms with E-state index in [0.717, 1.165) is 32.5 Å². The zero-order chi connectivity index (χ0) is 26.5. The average molecular weight is 508 g/mol. The van der Waals surface area contributed by atoms with Gasteiger partial charge in [-0.05, 0) is 42.5 Å². The van der Waals surface area contributed by atoms with E-state index in [2.05, 4.69) is 0 Å². The maximum absolute atomic E-state index is 13.3. The monoisotopic (exact) mass is 507 g/mol. The van der Waals surface area contributed by atoms with Crippen LogP contribution in [0.2, 0.25) is 0 Å². The second-order valence-electron chi connectivity index (χ2n) is 10.0. The molecule has 1 spiro atoms. The Kier molecular flexibility index (Phi) is 6.08. The number of fused-ring (bicyclic) bond motifs is 4. The van der Waals surface area contributed by atoms with Crippen molar-refractivity contribution in [3.63, 3.8) is 0 Å². The van der Waals surface area contributed by atoms with Crippen LogP contribution >= 0.6 is 0 Å². The zero-order valence-corrected chi connectivity index (χ0v) is 20.8. The van der Waals surface area contributed by atoms with Crippen LogP contribution in [0.5, 0.6) is 5.75 Å². The van der Waals surface area contributed by atoms with Gasteiger partial charge >= 0.3 is 12.1 Å². The first-order valence-corrected chi connectivity index (χ1v) is 11.9. The van der Waals surface area contributed by atoms with E-state index in [1.807, 2.05) is 74.3 Å². The van der Waals surface area contributed by atoms with Crippen molar-refractivity contribution in [1.82, 2.24) is 4.90 Å². The van der Waals surface area contributed by atoms with Crippen molar-refractivity contribution in [2.24, 2.45) is 4.99 Å². The summed E-state index contributed by atoms with van der Waals surface area (Å²) in [7, 11) is 1.89. The number of ether oxygens (including phenoxy) is 1. The molecule has 0 aliphatic carbocycles. The van der Waals surface area contributed by atoms with Crippen LogP contribution in [-0.2, 0) is 28.2 Å². The summed E-state index contributed by atoms with van der Waals surface area (Å²) in [6, 6.07) is 11.8. The smallest absolute Gasteiger partial charge is 0.315 e. The number of halogens is 2. The van der Waals surface area contributed by atoms with Gasteiger partial charge in [0.15, 0.2) is 5.75 Å². The summed E-state index contributed by atoms with van der Waals surface area (Å²) in [4.78, 5) is 30.4. The van der Waals surface area contributed by atoms with Gasteiger partial charge in [0, 0.05) is 30.2 Å². The number of aliphatic imine (C=N–C) groups is 1. The summed E-state index contributed by atoms with van der Waals surface area (Å²) in [5.41, 5.74) is 2.14. The average Bonchev–Trinajstić information content (AvgIpc) is 3.01. The number of hydrogen-bond donors (Lipinski definition) is 1. The fourth-order valence-corrected chi connectivity index (χ4v) is 5.54. The highest BCUT2D eigenvalue weighted by Gasteiger charge is 2.59. The first-order valence-electron chi connectivity index (χ1n) is 11.9. The number of carbonyl (C=O) groups is 2. The lowest BCUT2D eigenvalue weighted by Gasteiger charge is -2.45. The minimum atomic E-state index is -1.67. The lowest BCUT2D eigenvalue weighted by Crippen LogP contribution is -2.61. The topological polar surface area (TPSA) is 82.4 Å². The van der Waals surface area contributed by atoms with Gasteiger partial charge in [-0.15, -0.1) is 0 Å². The van der Waals surface area contributed by atoms with Crippen molar-refractivity contribution in [3.05, 3.63) is 65.2 Å². The molecule has 1 N–H and O–H groups in total. The molecule has 0 aromatic heterocycles. The molecule has 9 heteroatoms. The number of aliphatic hydroxyl groups excluding tert-OH is 1. The molecule has 1 atom stereocenters. The summed E-state index contributed by atoms with van der Waals surface area (Å²) in [5.74, 6) is 0.416. The first-order chi connectivity index (χ1) is 17.6. The van der Waals surface area contributed by atoms with Crippen LogP contribution in [0.3, 0.4) is 0 Å². The van der Waals surface area contributed by atoms with Crippen LogP contribution in [0.1, 0.15) is 30.5 Å². The molecule has 7 nitrogen and oxygen atoms in total. The third kappa shape index (κ3) is 3.98. The second kappa shape index (κ2) is 9.00. The molecule has 2 aliphatic rings. The summed E-state index contributed by atoms with van der Waals surface area (Å²) in [6.45, 7) is 2.43. The Labute approximate surface area is 213 Å². The zero-order valence-electron chi connectivity index (χ0n) is 20.8. The molecule has 3 aromatic carbocycles. The molecule has 3 aromatic rings. The molecule has 5 rings (SSSR count). The molecular formula is C28H27F2N3O4. The summed E-state index contributed by atoms with van der Waals surface area (Å²) in [6.07, 6.45) is 1.78. The van der Waals surface area contributed by atoms with Crippen LogP contribution in [0.4, 0.5) is 20.2 Å². The van der Waals surface area contributed by atoms with Crippen LogP contribution < -0.4 is 9.64 Å². The minimum Gasteiger partial charge on any atom is -0.459 e. The highest BCUT2D eigenvalue weighted by Crippen LogP contribution is 2.55. The van der Waals surface area contributed by atoms with Crippen molar-refractivity contribution in [3.8, 4) is 5.75 Å². The van der Waals surface area contributed by atoms with Crippen LogP contribution in [0.25, 0.3) is 10.8 Å². The Morgan fingerprint density at radius 3 is 2.46 bits per heavy atom. The van der Waals surface area contributed by atoms with Crippen molar-refractivity contribution in [2.45, 2.75) is 38.1 Å². The molecule has 2 aliphatic heterocycles. The fourth-order valence-electron chi connectivity index (χ4n) is 5.54. The molecule has 37 heavy (non-hydrogen) atoms. The third-order valence-corrected chi connectivity index (χ3v) is 7.44. The molecule has 0 fully saturated rings. The van der Waals surface area contributed by atoms with Crippen LogP contribution in [0, 0.1) is 0 Å². The number of aliphatic hydroxyl groups is 1. The second-order valence-corrected chi connectivity index (χ2v) is 10.0. The molecule has 0 radical (unpaired) electrons. The van der Waals surface area contributed by atoms with Gasteiger partial charge < -0.3 is 14.7 Å². The normalized spacial score (nSPS) is 19.3. The largest absolute Gasteiger partial charge is 0.459 e. The van der Waals surface area contributed by atoms with Gasteiger partial charge in [0.25, 0.3) is 0 Å². The van der Waals surface area contributed by atoms with E-state index in [-0.39, 0.29) is 13.2 Å². The van der Waals surface area contributed by atoms with E-state index in [1.54, 1.807) is 6.21 Å². The van der Waals surface area contributed by atoms with Crippen molar-refractivity contribution >= 4 is 40.4 Å². The minimum absolute atomic E-state index is 0.0983. The third-order valence-electron chi connectivity index (χ3n) is 7.44. The maximum Gasteiger partial charge on any atom is 0.315 e. The molecule has 192 valence electrons. The van der Waals surface area contributed by atoms with Crippen molar-refractivity contribution < 1.29 is 28.2 Å². The van der Waals surface area contributed by atoms with Crippen LogP contribution in [-0.4, -0.2) is 54.2 Å². The number of benzene rings is 3. The van der Waals surface area contributed by atoms with Gasteiger partial charge in [0.1, 0.15) is 5.69 Å². The van der Waals surface area contributed by atoms with Gasteiger partial charge in [0.05, 0.1) is 31.3 Å². The molecule has 1 unspecified atom stereocenters. The number of rotatable bonds is 7. The predicted molar refractivity (Wildman–Crippen MR) is 137 cm³/mol. The standard InChI is InChI=1S/C28H27F2N3O4/c1-27(2)21-9-8-17(15-34)10-22(21)32(3)28(27)16-31-25-20-7-5-4-6-18(20)11-19(26(25)37-28)12-33(13-23(29)35)14-24(30)36/h4-11,16,34H,12-15H2,1-3H3. The number of nitrogens with zero attached hydrogens (tertiary/aromatic N) is 3. The molecule has 0 saturated heterocycles. The number of anilines is 1. The van der Waals surface area contributed by atoms with Crippen LogP contribution in [0.15, 0.2) is 53.5 Å². The molecular weight excluding hydrogens is 480 g/mol. The van der Waals surface area contributed by atoms with E-state index in [0.29, 0.717) is 17.0 Å². The van der Waals surface area contributed by atoms with E-state index < -0.39 is 36.3 Å². The summed E-state index contributed by atoms with van der Waals surface area (Å²) in [5, 5.41) is 11.3. The lowest BCUT2D eigenvalue weighted by molar-refractivity contribution is -0.133. The molecule has 2 heterocycles. The Bertz CT molecular complexity index is 1440. The van der Waals surface area contributed by atoms with Gasteiger partial charge in [0.2, 0.25) is 5.72 Å². The predicted octanol–water partition coefficient (Wildman–Crippen LogP) is 4.34. The van der Waals surface area contributed by atoms with E-state index >= 15 is 0 Å². The number of carbonyl (C=O) groups excluding carboxylic acids is 2. The number of hydrogen-bond acceptors (Lipinski definition) is 7. The van der Waals surface area contributed by atoms with Gasteiger partial charge in [-0.1, -0.05) is 36.4 Å². The van der Waals surface area contributed by atoms with E-state index in [1.165, 1.54) is 0 Å². The van der Waals surface area contributed by atoms with Gasteiger partial charge in [-0.2, -0.15) is 8.78 Å². The molecule has 0 amide bonds. The highest BCUT2D eigenvalue weighted by atomic mass is 19.1. The van der Waals surface area contributed by atoms with Crippen molar-refractivity contribution in [1.29, 1.82) is 0 Å². The van der Waals surface area contributed by atoms with E-state index in [9.17, 15) is 23.5 Å². The Morgan fingerprint density at radius 2 is 1.78 bits per heavy atom. The Morgan fingerprint density at radius 1 is 1.08 bits per heavy atom. The summed E-state index contributed by atoms with van der Waals surface area (Å²) >= 11 is 0. The summed E-state index contributed by atoms with van der Waals surface area (Å²) < 4.78 is 33.5. The van der Waals surface area contributed by atoms with Crippen molar-refractivity contribution in [2.75, 3.05) is 25.0 Å². The maximum atomic E-state index is 13.3. The quantitative estimate of drug-likeness (QED) is 0.479.